The lowest BCUT2D eigenvalue weighted by atomic mass is 9.96. The number of hydrogen-bond acceptors (Lipinski definition) is 4. The van der Waals surface area contributed by atoms with Crippen LogP contribution in [0.25, 0.3) is 0 Å². The van der Waals surface area contributed by atoms with E-state index in [-0.39, 0.29) is 21.8 Å². The number of phenols is 1. The Morgan fingerprint density at radius 1 is 1.21 bits per heavy atom. The minimum absolute atomic E-state index is 0.0756. The number of rotatable bonds is 4. The fourth-order valence-corrected chi connectivity index (χ4v) is 5.30. The summed E-state index contributed by atoms with van der Waals surface area (Å²) in [5.41, 5.74) is 0.814. The van der Waals surface area contributed by atoms with Crippen LogP contribution in [0.3, 0.4) is 0 Å². The lowest BCUT2D eigenvalue weighted by molar-refractivity contribution is -0.127. The van der Waals surface area contributed by atoms with Gasteiger partial charge in [0.1, 0.15) is 5.75 Å². The molecule has 0 saturated heterocycles. The van der Waals surface area contributed by atoms with Crippen molar-refractivity contribution in [3.63, 3.8) is 0 Å². The Kier molecular flexibility index (Phi) is 5.38. The Balaban J connectivity index is 2.07. The Labute approximate surface area is 166 Å². The van der Waals surface area contributed by atoms with E-state index in [1.807, 2.05) is 0 Å². The third-order valence-corrected chi connectivity index (χ3v) is 6.85. The van der Waals surface area contributed by atoms with Crippen molar-refractivity contribution in [2.24, 2.45) is 0 Å². The normalized spacial score (nSPS) is 17.1. The molecule has 0 unspecified atom stereocenters. The zero-order valence-corrected chi connectivity index (χ0v) is 16.6. The first-order chi connectivity index (χ1) is 13.4. The summed E-state index contributed by atoms with van der Waals surface area (Å²) in [5, 5.41) is 9.79. The standard InChI is InChI=1S/C20H20F3NO4S/c1-12-3-5-15-9-14(11-20(21,22)23)4-7-18(15)24(12)29(27,28)16-6-8-19(26)17(10-16)13(2)25/h4,6-10,12,26H,3,5,11H2,1-2H3/t12-/m0/s1. The third kappa shape index (κ3) is 4.24. The SMILES string of the molecule is CC(=O)c1cc(S(=O)(=O)N2c3ccc(CC(F)(F)F)cc3CC[C@@H]2C)ccc1O. The molecule has 3 rings (SSSR count). The minimum Gasteiger partial charge on any atom is -0.507 e. The molecule has 0 radical (unpaired) electrons. The van der Waals surface area contributed by atoms with Crippen LogP contribution < -0.4 is 4.31 Å². The van der Waals surface area contributed by atoms with E-state index in [0.717, 1.165) is 12.1 Å². The molecular weight excluding hydrogens is 407 g/mol. The Bertz CT molecular complexity index is 1060. The van der Waals surface area contributed by atoms with Gasteiger partial charge >= 0.3 is 6.18 Å². The summed E-state index contributed by atoms with van der Waals surface area (Å²) in [4.78, 5) is 11.5. The number of sulfonamides is 1. The highest BCUT2D eigenvalue weighted by atomic mass is 32.2. The van der Waals surface area contributed by atoms with Crippen LogP contribution in [0.15, 0.2) is 41.3 Å². The summed E-state index contributed by atoms with van der Waals surface area (Å²) >= 11 is 0. The van der Waals surface area contributed by atoms with E-state index in [0.29, 0.717) is 24.1 Å². The predicted molar refractivity (Wildman–Crippen MR) is 102 cm³/mol. The van der Waals surface area contributed by atoms with Crippen LogP contribution in [0.5, 0.6) is 5.75 Å². The molecule has 5 nitrogen and oxygen atoms in total. The van der Waals surface area contributed by atoms with Crippen molar-refractivity contribution in [2.45, 2.75) is 50.2 Å². The first-order valence-electron chi connectivity index (χ1n) is 8.97. The zero-order valence-electron chi connectivity index (χ0n) is 15.8. The number of aromatic hydroxyl groups is 1. The number of nitrogens with zero attached hydrogens (tertiary/aromatic N) is 1. The molecule has 0 aliphatic carbocycles. The van der Waals surface area contributed by atoms with Crippen molar-refractivity contribution >= 4 is 21.5 Å². The second-order valence-electron chi connectivity index (χ2n) is 7.18. The van der Waals surface area contributed by atoms with Crippen LogP contribution in [-0.4, -0.2) is 31.5 Å². The average Bonchev–Trinajstić information content (AvgIpc) is 2.60. The summed E-state index contributed by atoms with van der Waals surface area (Å²) < 4.78 is 65.9. The number of hydrogen-bond donors (Lipinski definition) is 1. The molecule has 1 atom stereocenters. The van der Waals surface area contributed by atoms with E-state index in [2.05, 4.69) is 0 Å². The van der Waals surface area contributed by atoms with Gasteiger partial charge in [-0.15, -0.1) is 0 Å². The monoisotopic (exact) mass is 427 g/mol. The van der Waals surface area contributed by atoms with Crippen LogP contribution in [0.1, 0.15) is 41.8 Å². The second kappa shape index (κ2) is 7.37. The number of carbonyl (C=O) groups excluding carboxylic acids is 1. The van der Waals surface area contributed by atoms with Gasteiger partial charge in [0.25, 0.3) is 10.0 Å². The van der Waals surface area contributed by atoms with Crippen LogP contribution >= 0.6 is 0 Å². The first kappa shape index (κ1) is 21.2. The average molecular weight is 427 g/mol. The van der Waals surface area contributed by atoms with Gasteiger partial charge < -0.3 is 5.11 Å². The number of aryl methyl sites for hydroxylation is 1. The van der Waals surface area contributed by atoms with E-state index in [1.165, 1.54) is 35.5 Å². The number of Topliss-reactive ketones (excluding diaryl/α,β-unsaturated/α-hetero) is 1. The number of fused-ring (bicyclic) bond motifs is 1. The van der Waals surface area contributed by atoms with Crippen LogP contribution in [0.4, 0.5) is 18.9 Å². The number of ketones is 1. The smallest absolute Gasteiger partial charge is 0.393 e. The highest BCUT2D eigenvalue weighted by Gasteiger charge is 2.35. The van der Waals surface area contributed by atoms with Crippen LogP contribution in [0.2, 0.25) is 0 Å². The van der Waals surface area contributed by atoms with Gasteiger partial charge in [0.15, 0.2) is 5.78 Å². The highest BCUT2D eigenvalue weighted by molar-refractivity contribution is 7.92. The number of carbonyl (C=O) groups is 1. The zero-order chi connectivity index (χ0) is 21.6. The molecule has 0 fully saturated rings. The van der Waals surface area contributed by atoms with Crippen molar-refractivity contribution in [1.29, 1.82) is 0 Å². The van der Waals surface area contributed by atoms with Gasteiger partial charge in [-0.2, -0.15) is 13.2 Å². The Morgan fingerprint density at radius 2 is 1.90 bits per heavy atom. The van der Waals surface area contributed by atoms with Crippen molar-refractivity contribution in [3.8, 4) is 5.75 Å². The summed E-state index contributed by atoms with van der Waals surface area (Å²) in [7, 11) is -4.10. The molecule has 0 saturated carbocycles. The molecular formula is C20H20F3NO4S. The van der Waals surface area contributed by atoms with Crippen molar-refractivity contribution in [1.82, 2.24) is 0 Å². The fourth-order valence-electron chi connectivity index (χ4n) is 3.55. The number of anilines is 1. The number of alkyl halides is 3. The lowest BCUT2D eigenvalue weighted by Gasteiger charge is -2.36. The number of benzene rings is 2. The lowest BCUT2D eigenvalue weighted by Crippen LogP contribution is -2.42. The molecule has 1 heterocycles. The maximum atomic E-state index is 13.3. The van der Waals surface area contributed by atoms with Gasteiger partial charge in [-0.25, -0.2) is 8.42 Å². The third-order valence-electron chi connectivity index (χ3n) is 4.92. The van der Waals surface area contributed by atoms with Crippen LogP contribution in [0, 0.1) is 0 Å². The predicted octanol–water partition coefficient (Wildman–Crippen LogP) is 4.23. The van der Waals surface area contributed by atoms with E-state index < -0.39 is 34.4 Å². The van der Waals surface area contributed by atoms with Gasteiger partial charge in [-0.3, -0.25) is 9.10 Å². The molecule has 1 aliphatic rings. The summed E-state index contributed by atoms with van der Waals surface area (Å²) in [6, 6.07) is 7.12. The van der Waals surface area contributed by atoms with E-state index in [9.17, 15) is 31.5 Å². The molecule has 1 N–H and O–H groups in total. The molecule has 156 valence electrons. The topological polar surface area (TPSA) is 74.7 Å². The van der Waals surface area contributed by atoms with Crippen molar-refractivity contribution < 1.29 is 31.5 Å². The van der Waals surface area contributed by atoms with Gasteiger partial charge in [-0.05, 0) is 62.1 Å². The first-order valence-corrected chi connectivity index (χ1v) is 10.4. The van der Waals surface area contributed by atoms with Crippen molar-refractivity contribution in [3.05, 3.63) is 53.1 Å². The summed E-state index contributed by atoms with van der Waals surface area (Å²) in [5.74, 6) is -0.802. The van der Waals surface area contributed by atoms with E-state index in [4.69, 9.17) is 0 Å². The molecule has 29 heavy (non-hydrogen) atoms. The van der Waals surface area contributed by atoms with Crippen LogP contribution in [-0.2, 0) is 22.9 Å². The molecule has 0 amide bonds. The molecule has 2 aromatic rings. The maximum Gasteiger partial charge on any atom is 0.393 e. The minimum atomic E-state index is -4.35. The molecule has 9 heteroatoms. The largest absolute Gasteiger partial charge is 0.507 e. The summed E-state index contributed by atoms with van der Waals surface area (Å²) in [6.45, 7) is 2.93. The van der Waals surface area contributed by atoms with Crippen molar-refractivity contribution in [2.75, 3.05) is 4.31 Å². The molecule has 0 spiro atoms. The van der Waals surface area contributed by atoms with Gasteiger partial charge in [0.05, 0.1) is 22.6 Å². The van der Waals surface area contributed by atoms with Gasteiger partial charge in [0.2, 0.25) is 0 Å². The quantitative estimate of drug-likeness (QED) is 0.741. The van der Waals surface area contributed by atoms with Gasteiger partial charge in [-0.1, -0.05) is 12.1 Å². The highest BCUT2D eigenvalue weighted by Crippen LogP contribution is 2.37. The Morgan fingerprint density at radius 3 is 2.52 bits per heavy atom. The fraction of sp³-hybridized carbons (Fsp3) is 0.350. The van der Waals surface area contributed by atoms with E-state index in [1.54, 1.807) is 6.92 Å². The number of halogens is 3. The molecule has 1 aliphatic heterocycles. The number of phenolic OH excluding ortho intramolecular Hbond substituents is 1. The summed E-state index contributed by atoms with van der Waals surface area (Å²) in [6.07, 6.45) is -4.53. The van der Waals surface area contributed by atoms with E-state index >= 15 is 0 Å². The molecule has 0 bridgehead atoms. The van der Waals surface area contributed by atoms with Gasteiger partial charge in [0, 0.05) is 6.04 Å². The molecule has 2 aromatic carbocycles. The molecule has 0 aromatic heterocycles. The Hall–Kier alpha value is -2.55. The second-order valence-corrected chi connectivity index (χ2v) is 8.99. The maximum absolute atomic E-state index is 13.3.